The lowest BCUT2D eigenvalue weighted by molar-refractivity contribution is -0.192. The summed E-state index contributed by atoms with van der Waals surface area (Å²) in [6, 6.07) is 0. The Hall–Kier alpha value is -0.360. The molecule has 0 heterocycles. The van der Waals surface area contributed by atoms with Crippen LogP contribution in [-0.4, -0.2) is 37.6 Å². The van der Waals surface area contributed by atoms with Crippen molar-refractivity contribution < 1.29 is 22.3 Å². The Morgan fingerprint density at radius 3 is 2.19 bits per heavy atom. The highest BCUT2D eigenvalue weighted by Gasteiger charge is 2.42. The van der Waals surface area contributed by atoms with E-state index in [-0.39, 0.29) is 0 Å². The molecule has 0 aliphatic heterocycles. The lowest BCUT2D eigenvalue weighted by Crippen LogP contribution is -2.44. The van der Waals surface area contributed by atoms with Crippen molar-refractivity contribution in [2.45, 2.75) is 45.1 Å². The van der Waals surface area contributed by atoms with Crippen LogP contribution in [0.5, 0.6) is 0 Å². The first kappa shape index (κ1) is 15.6. The molecule has 1 unspecified atom stereocenters. The standard InChI is InChI=1S/C10H19F4NO/c1-4-9(3,6-15-5-2)16-7-10(13,14)8(11)12/h8,15H,4-7H2,1-3H3. The van der Waals surface area contributed by atoms with Crippen LogP contribution in [0.25, 0.3) is 0 Å². The lowest BCUT2D eigenvalue weighted by atomic mass is 10.0. The Bertz CT molecular complexity index is 201. The van der Waals surface area contributed by atoms with E-state index >= 15 is 0 Å². The van der Waals surface area contributed by atoms with Crippen molar-refractivity contribution in [3.05, 3.63) is 0 Å². The molecule has 0 saturated heterocycles. The predicted molar refractivity (Wildman–Crippen MR) is 54.1 cm³/mol. The molecule has 16 heavy (non-hydrogen) atoms. The highest BCUT2D eigenvalue weighted by Crippen LogP contribution is 2.26. The third-order valence-electron chi connectivity index (χ3n) is 2.43. The van der Waals surface area contributed by atoms with Gasteiger partial charge in [-0.25, -0.2) is 8.78 Å². The summed E-state index contributed by atoms with van der Waals surface area (Å²) in [7, 11) is 0. The highest BCUT2D eigenvalue weighted by molar-refractivity contribution is 4.79. The van der Waals surface area contributed by atoms with Gasteiger partial charge in [-0.15, -0.1) is 0 Å². The molecule has 0 rings (SSSR count). The number of rotatable bonds is 8. The van der Waals surface area contributed by atoms with Gasteiger partial charge in [0, 0.05) is 6.54 Å². The molecule has 2 nitrogen and oxygen atoms in total. The number of hydrogen-bond acceptors (Lipinski definition) is 2. The van der Waals surface area contributed by atoms with Crippen LogP contribution in [0.2, 0.25) is 0 Å². The van der Waals surface area contributed by atoms with E-state index in [1.165, 1.54) is 0 Å². The Morgan fingerprint density at radius 1 is 1.25 bits per heavy atom. The first-order chi connectivity index (χ1) is 7.27. The predicted octanol–water partition coefficient (Wildman–Crippen LogP) is 2.68. The van der Waals surface area contributed by atoms with E-state index in [0.717, 1.165) is 0 Å². The molecule has 0 bridgehead atoms. The van der Waals surface area contributed by atoms with Crippen LogP contribution in [0.1, 0.15) is 27.2 Å². The van der Waals surface area contributed by atoms with E-state index in [9.17, 15) is 17.6 Å². The second-order valence-corrected chi connectivity index (χ2v) is 3.93. The molecular formula is C10H19F4NO. The molecule has 1 N–H and O–H groups in total. The molecule has 6 heteroatoms. The Labute approximate surface area is 93.3 Å². The second-order valence-electron chi connectivity index (χ2n) is 3.93. The smallest absolute Gasteiger partial charge is 0.330 e. The number of nitrogens with one attached hydrogen (secondary N) is 1. The van der Waals surface area contributed by atoms with Gasteiger partial charge in [0.2, 0.25) is 0 Å². The average Bonchev–Trinajstić information content (AvgIpc) is 2.23. The van der Waals surface area contributed by atoms with Crippen LogP contribution in [-0.2, 0) is 4.74 Å². The van der Waals surface area contributed by atoms with Crippen molar-refractivity contribution >= 4 is 0 Å². The molecular weight excluding hydrogens is 226 g/mol. The van der Waals surface area contributed by atoms with E-state index < -0.39 is 24.6 Å². The molecule has 98 valence electrons. The quantitative estimate of drug-likeness (QED) is 0.664. The summed E-state index contributed by atoms with van der Waals surface area (Å²) in [5.41, 5.74) is -0.839. The SMILES string of the molecule is CCNCC(C)(CC)OCC(F)(F)C(F)F. The molecule has 0 fully saturated rings. The molecule has 0 aromatic rings. The minimum atomic E-state index is -4.08. The maximum absolute atomic E-state index is 12.6. The third kappa shape index (κ3) is 5.12. The van der Waals surface area contributed by atoms with E-state index in [4.69, 9.17) is 4.74 Å². The minimum Gasteiger partial charge on any atom is -0.367 e. The fourth-order valence-electron chi connectivity index (χ4n) is 1.00. The zero-order valence-corrected chi connectivity index (χ0v) is 9.83. The lowest BCUT2D eigenvalue weighted by Gasteiger charge is -2.30. The van der Waals surface area contributed by atoms with Gasteiger partial charge in [0.1, 0.15) is 6.61 Å². The van der Waals surface area contributed by atoms with Crippen LogP contribution in [0.4, 0.5) is 17.6 Å². The first-order valence-electron chi connectivity index (χ1n) is 5.28. The number of alkyl halides is 4. The number of likely N-dealkylation sites (N-methyl/N-ethyl adjacent to an activating group) is 1. The van der Waals surface area contributed by atoms with Gasteiger partial charge in [-0.1, -0.05) is 13.8 Å². The zero-order chi connectivity index (χ0) is 12.8. The van der Waals surface area contributed by atoms with Crippen LogP contribution in [0.15, 0.2) is 0 Å². The Morgan fingerprint density at radius 2 is 1.81 bits per heavy atom. The molecule has 0 aromatic carbocycles. The first-order valence-corrected chi connectivity index (χ1v) is 5.28. The summed E-state index contributed by atoms with van der Waals surface area (Å²) < 4.78 is 54.0. The molecule has 0 saturated carbocycles. The maximum Gasteiger partial charge on any atom is 0.330 e. The van der Waals surface area contributed by atoms with Crippen molar-refractivity contribution in [3.8, 4) is 0 Å². The minimum absolute atomic E-state index is 0.360. The van der Waals surface area contributed by atoms with Gasteiger partial charge in [0.05, 0.1) is 5.60 Å². The average molecular weight is 245 g/mol. The fourth-order valence-corrected chi connectivity index (χ4v) is 1.00. The largest absolute Gasteiger partial charge is 0.367 e. The Balaban J connectivity index is 4.22. The third-order valence-corrected chi connectivity index (χ3v) is 2.43. The molecule has 0 aromatic heterocycles. The molecule has 0 aliphatic rings. The molecule has 0 aliphatic carbocycles. The van der Waals surface area contributed by atoms with E-state index in [1.54, 1.807) is 13.8 Å². The monoisotopic (exact) mass is 245 g/mol. The summed E-state index contributed by atoms with van der Waals surface area (Å²) in [5.74, 6) is -4.08. The van der Waals surface area contributed by atoms with Gasteiger partial charge >= 0.3 is 12.3 Å². The Kier molecular flexibility index (Phi) is 6.25. The number of halogens is 4. The fraction of sp³-hybridized carbons (Fsp3) is 1.00. The normalized spacial score (nSPS) is 16.5. The van der Waals surface area contributed by atoms with Gasteiger partial charge in [0.15, 0.2) is 0 Å². The van der Waals surface area contributed by atoms with Crippen LogP contribution in [0, 0.1) is 0 Å². The van der Waals surface area contributed by atoms with Gasteiger partial charge in [0.25, 0.3) is 0 Å². The number of ether oxygens (including phenoxy) is 1. The van der Waals surface area contributed by atoms with Crippen LogP contribution >= 0.6 is 0 Å². The van der Waals surface area contributed by atoms with Gasteiger partial charge < -0.3 is 10.1 Å². The summed E-state index contributed by atoms with van der Waals surface area (Å²) in [5, 5.41) is 2.95. The zero-order valence-electron chi connectivity index (χ0n) is 9.83. The van der Waals surface area contributed by atoms with Crippen LogP contribution < -0.4 is 5.32 Å². The number of hydrogen-bond donors (Lipinski definition) is 1. The van der Waals surface area contributed by atoms with Crippen molar-refractivity contribution in [2.75, 3.05) is 19.7 Å². The van der Waals surface area contributed by atoms with Gasteiger partial charge in [-0.3, -0.25) is 0 Å². The topological polar surface area (TPSA) is 21.3 Å². The summed E-state index contributed by atoms with van der Waals surface area (Å²) in [4.78, 5) is 0. The summed E-state index contributed by atoms with van der Waals surface area (Å²) in [6.45, 7) is 5.03. The van der Waals surface area contributed by atoms with E-state index in [0.29, 0.717) is 19.5 Å². The van der Waals surface area contributed by atoms with Crippen molar-refractivity contribution in [1.29, 1.82) is 0 Å². The highest BCUT2D eigenvalue weighted by atomic mass is 19.3. The molecule has 0 radical (unpaired) electrons. The molecule has 0 amide bonds. The summed E-state index contributed by atoms with van der Waals surface area (Å²) in [6.07, 6.45) is -3.22. The van der Waals surface area contributed by atoms with Gasteiger partial charge in [-0.2, -0.15) is 8.78 Å². The van der Waals surface area contributed by atoms with Gasteiger partial charge in [-0.05, 0) is 19.9 Å². The maximum atomic E-state index is 12.6. The van der Waals surface area contributed by atoms with E-state index in [2.05, 4.69) is 5.32 Å². The summed E-state index contributed by atoms with van der Waals surface area (Å²) >= 11 is 0. The van der Waals surface area contributed by atoms with Crippen molar-refractivity contribution in [1.82, 2.24) is 5.32 Å². The van der Waals surface area contributed by atoms with Crippen LogP contribution in [0.3, 0.4) is 0 Å². The van der Waals surface area contributed by atoms with E-state index in [1.807, 2.05) is 6.92 Å². The van der Waals surface area contributed by atoms with Crippen molar-refractivity contribution in [2.24, 2.45) is 0 Å². The molecule has 0 spiro atoms. The second kappa shape index (κ2) is 6.39. The molecule has 1 atom stereocenters. The van der Waals surface area contributed by atoms with Crippen molar-refractivity contribution in [3.63, 3.8) is 0 Å².